The molecule has 0 aliphatic carbocycles. The van der Waals surface area contributed by atoms with Gasteiger partial charge >= 0.3 is 0 Å². The predicted molar refractivity (Wildman–Crippen MR) is 58.3 cm³/mol. The lowest BCUT2D eigenvalue weighted by Gasteiger charge is -2.16. The number of halogens is 1. The minimum Gasteiger partial charge on any atom is -0.377 e. The largest absolute Gasteiger partial charge is 0.377 e. The second kappa shape index (κ2) is 3.73. The van der Waals surface area contributed by atoms with Gasteiger partial charge in [-0.1, -0.05) is 0 Å². The van der Waals surface area contributed by atoms with E-state index >= 15 is 0 Å². The SMILES string of the molecule is CN(C)c1ccc(F)cc1-c1cn[nH]c1. The van der Waals surface area contributed by atoms with Crippen LogP contribution in [-0.4, -0.2) is 24.3 Å². The van der Waals surface area contributed by atoms with Gasteiger partial charge in [-0.25, -0.2) is 4.39 Å². The van der Waals surface area contributed by atoms with E-state index in [0.717, 1.165) is 16.8 Å². The second-order valence-electron chi connectivity index (χ2n) is 3.54. The molecule has 0 amide bonds. The van der Waals surface area contributed by atoms with E-state index in [1.165, 1.54) is 12.1 Å². The van der Waals surface area contributed by atoms with Crippen molar-refractivity contribution in [2.75, 3.05) is 19.0 Å². The summed E-state index contributed by atoms with van der Waals surface area (Å²) in [7, 11) is 3.85. The quantitative estimate of drug-likeness (QED) is 0.815. The first-order valence-corrected chi connectivity index (χ1v) is 4.64. The van der Waals surface area contributed by atoms with E-state index < -0.39 is 0 Å². The smallest absolute Gasteiger partial charge is 0.123 e. The highest BCUT2D eigenvalue weighted by atomic mass is 19.1. The van der Waals surface area contributed by atoms with Crippen molar-refractivity contribution in [1.29, 1.82) is 0 Å². The average molecular weight is 205 g/mol. The number of aromatic amines is 1. The Morgan fingerprint density at radius 3 is 2.73 bits per heavy atom. The Bertz CT molecular complexity index is 449. The Balaban J connectivity index is 2.58. The fourth-order valence-electron chi connectivity index (χ4n) is 1.53. The summed E-state index contributed by atoms with van der Waals surface area (Å²) in [5, 5.41) is 6.59. The summed E-state index contributed by atoms with van der Waals surface area (Å²) in [6.07, 6.45) is 3.43. The van der Waals surface area contributed by atoms with Crippen molar-refractivity contribution in [2.24, 2.45) is 0 Å². The Labute approximate surface area is 87.5 Å². The van der Waals surface area contributed by atoms with Crippen molar-refractivity contribution >= 4 is 5.69 Å². The van der Waals surface area contributed by atoms with Gasteiger partial charge in [0.25, 0.3) is 0 Å². The molecular weight excluding hydrogens is 193 g/mol. The van der Waals surface area contributed by atoms with Crippen LogP contribution in [-0.2, 0) is 0 Å². The number of aromatic nitrogens is 2. The van der Waals surface area contributed by atoms with Crippen LogP contribution in [0.2, 0.25) is 0 Å². The van der Waals surface area contributed by atoms with Gasteiger partial charge in [-0.05, 0) is 18.2 Å². The molecule has 0 radical (unpaired) electrons. The molecule has 0 aliphatic heterocycles. The zero-order chi connectivity index (χ0) is 10.8. The molecule has 78 valence electrons. The van der Waals surface area contributed by atoms with Gasteiger partial charge in [-0.3, -0.25) is 5.10 Å². The zero-order valence-corrected chi connectivity index (χ0v) is 8.66. The molecule has 15 heavy (non-hydrogen) atoms. The first kappa shape index (κ1) is 9.71. The summed E-state index contributed by atoms with van der Waals surface area (Å²) < 4.78 is 13.2. The van der Waals surface area contributed by atoms with Crippen molar-refractivity contribution < 1.29 is 4.39 Å². The molecule has 0 spiro atoms. The molecule has 1 N–H and O–H groups in total. The Morgan fingerprint density at radius 2 is 2.13 bits per heavy atom. The van der Waals surface area contributed by atoms with E-state index in [1.807, 2.05) is 19.0 Å². The standard InChI is InChI=1S/C11H12FN3/c1-15(2)11-4-3-9(12)5-10(11)8-6-13-14-7-8/h3-7H,1-2H3,(H,13,14). The number of H-pyrrole nitrogens is 1. The summed E-state index contributed by atoms with van der Waals surface area (Å²) in [6, 6.07) is 4.73. The maximum absolute atomic E-state index is 13.2. The number of rotatable bonds is 2. The van der Waals surface area contributed by atoms with Crippen LogP contribution < -0.4 is 4.90 Å². The number of anilines is 1. The predicted octanol–water partition coefficient (Wildman–Crippen LogP) is 2.28. The van der Waals surface area contributed by atoms with Crippen molar-refractivity contribution in [1.82, 2.24) is 10.2 Å². The lowest BCUT2D eigenvalue weighted by Crippen LogP contribution is -2.09. The summed E-state index contributed by atoms with van der Waals surface area (Å²) in [6.45, 7) is 0. The maximum atomic E-state index is 13.2. The van der Waals surface area contributed by atoms with Crippen LogP contribution in [0.15, 0.2) is 30.6 Å². The summed E-state index contributed by atoms with van der Waals surface area (Å²) >= 11 is 0. The first-order valence-electron chi connectivity index (χ1n) is 4.64. The van der Waals surface area contributed by atoms with Gasteiger partial charge in [-0.15, -0.1) is 0 Å². The zero-order valence-electron chi connectivity index (χ0n) is 8.66. The fraction of sp³-hybridized carbons (Fsp3) is 0.182. The topological polar surface area (TPSA) is 31.9 Å². The van der Waals surface area contributed by atoms with E-state index in [9.17, 15) is 4.39 Å². The summed E-state index contributed by atoms with van der Waals surface area (Å²) in [5.74, 6) is -0.239. The molecule has 0 aliphatic rings. The summed E-state index contributed by atoms with van der Waals surface area (Å²) in [5.41, 5.74) is 2.70. The molecule has 0 saturated heterocycles. The molecule has 1 aromatic carbocycles. The Hall–Kier alpha value is -1.84. The molecule has 0 unspecified atom stereocenters. The first-order chi connectivity index (χ1) is 7.18. The lowest BCUT2D eigenvalue weighted by molar-refractivity contribution is 0.628. The van der Waals surface area contributed by atoms with E-state index in [2.05, 4.69) is 10.2 Å². The molecule has 0 atom stereocenters. The van der Waals surface area contributed by atoms with Gasteiger partial charge in [0.2, 0.25) is 0 Å². The van der Waals surface area contributed by atoms with E-state index in [0.29, 0.717) is 0 Å². The van der Waals surface area contributed by atoms with Gasteiger partial charge in [-0.2, -0.15) is 5.10 Å². The van der Waals surface area contributed by atoms with Crippen molar-refractivity contribution in [3.8, 4) is 11.1 Å². The van der Waals surface area contributed by atoms with Gasteiger partial charge in [0.1, 0.15) is 5.82 Å². The molecule has 0 bridgehead atoms. The van der Waals surface area contributed by atoms with Crippen molar-refractivity contribution in [3.63, 3.8) is 0 Å². The van der Waals surface area contributed by atoms with Crippen LogP contribution in [0.25, 0.3) is 11.1 Å². The molecular formula is C11H12FN3. The van der Waals surface area contributed by atoms with Crippen LogP contribution >= 0.6 is 0 Å². The highest BCUT2D eigenvalue weighted by Crippen LogP contribution is 2.29. The molecule has 4 heteroatoms. The number of nitrogens with one attached hydrogen (secondary N) is 1. The van der Waals surface area contributed by atoms with Crippen LogP contribution in [0.4, 0.5) is 10.1 Å². The van der Waals surface area contributed by atoms with E-state index in [1.54, 1.807) is 18.5 Å². The number of nitrogens with zero attached hydrogens (tertiary/aromatic N) is 2. The lowest BCUT2D eigenvalue weighted by atomic mass is 10.1. The van der Waals surface area contributed by atoms with Crippen LogP contribution in [0.1, 0.15) is 0 Å². The van der Waals surface area contributed by atoms with E-state index in [4.69, 9.17) is 0 Å². The third kappa shape index (κ3) is 1.83. The monoisotopic (exact) mass is 205 g/mol. The molecule has 2 aromatic rings. The minimum absolute atomic E-state index is 0.239. The third-order valence-corrected chi connectivity index (χ3v) is 2.25. The van der Waals surface area contributed by atoms with Crippen molar-refractivity contribution in [2.45, 2.75) is 0 Å². The van der Waals surface area contributed by atoms with Gasteiger partial charge < -0.3 is 4.90 Å². The molecule has 0 fully saturated rings. The third-order valence-electron chi connectivity index (χ3n) is 2.25. The highest BCUT2D eigenvalue weighted by molar-refractivity contribution is 5.77. The van der Waals surface area contributed by atoms with Gasteiger partial charge in [0, 0.05) is 37.1 Å². The number of hydrogen-bond acceptors (Lipinski definition) is 2. The minimum atomic E-state index is -0.239. The Kier molecular flexibility index (Phi) is 2.41. The highest BCUT2D eigenvalue weighted by Gasteiger charge is 2.08. The molecule has 1 aromatic heterocycles. The normalized spacial score (nSPS) is 10.3. The maximum Gasteiger partial charge on any atom is 0.123 e. The van der Waals surface area contributed by atoms with E-state index in [-0.39, 0.29) is 5.82 Å². The number of hydrogen-bond donors (Lipinski definition) is 1. The van der Waals surface area contributed by atoms with Crippen LogP contribution in [0.3, 0.4) is 0 Å². The average Bonchev–Trinajstić information content (AvgIpc) is 2.69. The van der Waals surface area contributed by atoms with Crippen molar-refractivity contribution in [3.05, 3.63) is 36.4 Å². The van der Waals surface area contributed by atoms with Crippen LogP contribution in [0, 0.1) is 5.82 Å². The Morgan fingerprint density at radius 1 is 1.33 bits per heavy atom. The summed E-state index contributed by atoms with van der Waals surface area (Å²) in [4.78, 5) is 1.95. The fourth-order valence-corrected chi connectivity index (χ4v) is 1.53. The molecule has 3 nitrogen and oxygen atoms in total. The van der Waals surface area contributed by atoms with Gasteiger partial charge in [0.05, 0.1) is 6.20 Å². The molecule has 1 heterocycles. The van der Waals surface area contributed by atoms with Gasteiger partial charge in [0.15, 0.2) is 0 Å². The second-order valence-corrected chi connectivity index (χ2v) is 3.54. The molecule has 2 rings (SSSR count). The van der Waals surface area contributed by atoms with Crippen LogP contribution in [0.5, 0.6) is 0 Å². The number of benzene rings is 1. The molecule has 0 saturated carbocycles.